The van der Waals surface area contributed by atoms with Crippen molar-refractivity contribution >= 4 is 21.4 Å². The number of anilines is 1. The summed E-state index contributed by atoms with van der Waals surface area (Å²) in [5.41, 5.74) is 2.11. The lowest BCUT2D eigenvalue weighted by Crippen LogP contribution is -2.53. The highest BCUT2D eigenvalue weighted by molar-refractivity contribution is 7.91. The molecule has 0 N–H and O–H groups in total. The van der Waals surface area contributed by atoms with E-state index in [1.165, 1.54) is 5.56 Å². The van der Waals surface area contributed by atoms with Crippen LogP contribution in [0.3, 0.4) is 0 Å². The van der Waals surface area contributed by atoms with E-state index >= 15 is 0 Å². The van der Waals surface area contributed by atoms with E-state index in [-0.39, 0.29) is 23.5 Å². The molecule has 0 aliphatic carbocycles. The molecule has 0 radical (unpaired) electrons. The summed E-state index contributed by atoms with van der Waals surface area (Å²) in [5.74, 6) is 0.521. The summed E-state index contributed by atoms with van der Waals surface area (Å²) in [5, 5.41) is 0. The average molecular weight is 336 g/mol. The van der Waals surface area contributed by atoms with Crippen LogP contribution in [0.4, 0.5) is 5.69 Å². The molecule has 2 fully saturated rings. The fraction of sp³-hybridized carbons (Fsp3) is 0.588. The molecular formula is C17H24N2O3S. The smallest absolute Gasteiger partial charge is 0.244 e. The average Bonchev–Trinajstić information content (AvgIpc) is 2.69. The number of benzene rings is 1. The number of hydrogen-bond donors (Lipinski definition) is 0. The molecule has 126 valence electrons. The van der Waals surface area contributed by atoms with Crippen molar-refractivity contribution in [1.29, 1.82) is 0 Å². The Morgan fingerprint density at radius 3 is 2.48 bits per heavy atom. The first-order valence-electron chi connectivity index (χ1n) is 8.29. The first-order chi connectivity index (χ1) is 11.0. The number of nitrogens with zero attached hydrogens (tertiary/aromatic N) is 2. The van der Waals surface area contributed by atoms with E-state index in [2.05, 4.69) is 4.90 Å². The van der Waals surface area contributed by atoms with Gasteiger partial charge in [-0.1, -0.05) is 17.7 Å². The van der Waals surface area contributed by atoms with Gasteiger partial charge in [0.1, 0.15) is 0 Å². The Morgan fingerprint density at radius 1 is 1.00 bits per heavy atom. The maximum Gasteiger partial charge on any atom is 0.244 e. The van der Waals surface area contributed by atoms with E-state index in [0.29, 0.717) is 19.5 Å². The van der Waals surface area contributed by atoms with E-state index in [9.17, 15) is 13.2 Å². The monoisotopic (exact) mass is 336 g/mol. The molecule has 1 atom stereocenters. The van der Waals surface area contributed by atoms with Crippen molar-refractivity contribution < 1.29 is 13.2 Å². The van der Waals surface area contributed by atoms with Gasteiger partial charge in [-0.15, -0.1) is 0 Å². The Bertz CT molecular complexity index is 670. The Labute approximate surface area is 138 Å². The number of rotatable bonds is 2. The highest BCUT2D eigenvalue weighted by Gasteiger charge is 2.35. The second-order valence-electron chi connectivity index (χ2n) is 6.52. The molecule has 1 amide bonds. The molecule has 0 bridgehead atoms. The van der Waals surface area contributed by atoms with Crippen LogP contribution in [-0.4, -0.2) is 56.4 Å². The lowest BCUT2D eigenvalue weighted by molar-refractivity contribution is -0.125. The number of carbonyl (C=O) groups excluding carboxylic acids is 1. The minimum atomic E-state index is -2.95. The molecule has 5 nitrogen and oxygen atoms in total. The topological polar surface area (TPSA) is 57.7 Å². The van der Waals surface area contributed by atoms with Gasteiger partial charge in [-0.05, 0) is 44.9 Å². The summed E-state index contributed by atoms with van der Waals surface area (Å²) in [7, 11) is -2.95. The van der Waals surface area contributed by atoms with Gasteiger partial charge in [0.15, 0.2) is 9.84 Å². The Hall–Kier alpha value is -1.40. The summed E-state index contributed by atoms with van der Waals surface area (Å²) in [6.45, 7) is 3.94. The summed E-state index contributed by atoms with van der Waals surface area (Å²) in [6.07, 6.45) is 2.39. The van der Waals surface area contributed by atoms with Gasteiger partial charge in [0, 0.05) is 18.8 Å². The standard InChI is InChI=1S/C17H24N2O3S/c1-14-5-7-15(8-6-14)19-10-2-4-16(17(19)20)18-9-3-12-23(21,22)13-11-18/h5-8,16H,2-4,9-13H2,1H3/t16-/m0/s1. The molecule has 6 heteroatoms. The molecule has 2 saturated heterocycles. The maximum absolute atomic E-state index is 12.9. The minimum absolute atomic E-state index is 0.111. The molecule has 23 heavy (non-hydrogen) atoms. The zero-order chi connectivity index (χ0) is 16.4. The molecule has 0 spiro atoms. The summed E-state index contributed by atoms with van der Waals surface area (Å²) >= 11 is 0. The van der Waals surface area contributed by atoms with Crippen LogP contribution >= 0.6 is 0 Å². The van der Waals surface area contributed by atoms with Gasteiger partial charge in [0.05, 0.1) is 17.5 Å². The van der Waals surface area contributed by atoms with E-state index in [0.717, 1.165) is 25.1 Å². The van der Waals surface area contributed by atoms with Crippen LogP contribution < -0.4 is 4.90 Å². The van der Waals surface area contributed by atoms with Gasteiger partial charge >= 0.3 is 0 Å². The van der Waals surface area contributed by atoms with Gasteiger partial charge in [-0.3, -0.25) is 9.69 Å². The zero-order valence-electron chi connectivity index (χ0n) is 13.6. The second kappa shape index (κ2) is 6.61. The van der Waals surface area contributed by atoms with Gasteiger partial charge in [0.25, 0.3) is 0 Å². The van der Waals surface area contributed by atoms with Crippen LogP contribution in [0.1, 0.15) is 24.8 Å². The number of hydrogen-bond acceptors (Lipinski definition) is 4. The predicted octanol–water partition coefficient (Wildman–Crippen LogP) is 1.61. The maximum atomic E-state index is 12.9. The third kappa shape index (κ3) is 3.75. The minimum Gasteiger partial charge on any atom is -0.311 e. The molecule has 2 aliphatic heterocycles. The highest BCUT2D eigenvalue weighted by atomic mass is 32.2. The molecule has 0 unspecified atom stereocenters. The Kier molecular flexibility index (Phi) is 4.73. The quantitative estimate of drug-likeness (QED) is 0.823. The molecule has 0 aromatic heterocycles. The molecule has 3 rings (SSSR count). The lowest BCUT2D eigenvalue weighted by Gasteiger charge is -2.38. The number of amides is 1. The molecule has 1 aromatic carbocycles. The first kappa shape index (κ1) is 16.5. The molecule has 2 heterocycles. The second-order valence-corrected chi connectivity index (χ2v) is 8.83. The molecular weight excluding hydrogens is 312 g/mol. The van der Waals surface area contributed by atoms with Crippen molar-refractivity contribution in [2.45, 2.75) is 32.2 Å². The van der Waals surface area contributed by atoms with Crippen molar-refractivity contribution in [1.82, 2.24) is 4.90 Å². The Balaban J connectivity index is 1.75. The van der Waals surface area contributed by atoms with Crippen molar-refractivity contribution in [3.63, 3.8) is 0 Å². The van der Waals surface area contributed by atoms with E-state index in [1.807, 2.05) is 36.1 Å². The molecule has 0 saturated carbocycles. The Morgan fingerprint density at radius 2 is 1.74 bits per heavy atom. The van der Waals surface area contributed by atoms with E-state index in [4.69, 9.17) is 0 Å². The number of sulfone groups is 1. The molecule has 1 aromatic rings. The zero-order valence-corrected chi connectivity index (χ0v) is 14.4. The molecule has 2 aliphatic rings. The SMILES string of the molecule is Cc1ccc(N2CCC[C@H](N3CCCS(=O)(=O)CC3)C2=O)cc1. The third-order valence-electron chi connectivity index (χ3n) is 4.79. The van der Waals surface area contributed by atoms with Gasteiger partial charge in [0.2, 0.25) is 5.91 Å². The van der Waals surface area contributed by atoms with Crippen molar-refractivity contribution in [2.75, 3.05) is 36.0 Å². The van der Waals surface area contributed by atoms with Crippen molar-refractivity contribution in [3.8, 4) is 0 Å². The van der Waals surface area contributed by atoms with Gasteiger partial charge < -0.3 is 4.90 Å². The normalized spacial score (nSPS) is 26.0. The van der Waals surface area contributed by atoms with Gasteiger partial charge in [-0.2, -0.15) is 0 Å². The number of carbonyl (C=O) groups is 1. The van der Waals surface area contributed by atoms with Crippen LogP contribution in [0.25, 0.3) is 0 Å². The number of aryl methyl sites for hydroxylation is 1. The van der Waals surface area contributed by atoms with Gasteiger partial charge in [-0.25, -0.2) is 8.42 Å². The van der Waals surface area contributed by atoms with Crippen LogP contribution in [0, 0.1) is 6.92 Å². The summed E-state index contributed by atoms with van der Waals surface area (Å²) in [6, 6.07) is 7.83. The van der Waals surface area contributed by atoms with Crippen LogP contribution in [-0.2, 0) is 14.6 Å². The third-order valence-corrected chi connectivity index (χ3v) is 6.50. The fourth-order valence-electron chi connectivity index (χ4n) is 3.45. The van der Waals surface area contributed by atoms with E-state index < -0.39 is 9.84 Å². The first-order valence-corrected chi connectivity index (χ1v) is 10.1. The van der Waals surface area contributed by atoms with Crippen LogP contribution in [0.2, 0.25) is 0 Å². The summed E-state index contributed by atoms with van der Waals surface area (Å²) < 4.78 is 23.6. The highest BCUT2D eigenvalue weighted by Crippen LogP contribution is 2.25. The lowest BCUT2D eigenvalue weighted by atomic mass is 10.0. The predicted molar refractivity (Wildman–Crippen MR) is 91.4 cm³/mol. The largest absolute Gasteiger partial charge is 0.311 e. The number of piperidine rings is 1. The van der Waals surface area contributed by atoms with Crippen molar-refractivity contribution in [2.24, 2.45) is 0 Å². The van der Waals surface area contributed by atoms with Crippen LogP contribution in [0.15, 0.2) is 24.3 Å². The van der Waals surface area contributed by atoms with Crippen molar-refractivity contribution in [3.05, 3.63) is 29.8 Å². The van der Waals surface area contributed by atoms with Crippen LogP contribution in [0.5, 0.6) is 0 Å². The summed E-state index contributed by atoms with van der Waals surface area (Å²) in [4.78, 5) is 16.8. The van der Waals surface area contributed by atoms with E-state index in [1.54, 1.807) is 0 Å². The fourth-order valence-corrected chi connectivity index (χ4v) is 4.73.